The van der Waals surface area contributed by atoms with Crippen molar-refractivity contribution in [2.45, 2.75) is 0 Å². The third-order valence-electron chi connectivity index (χ3n) is 9.43. The molecule has 0 amide bonds. The summed E-state index contributed by atoms with van der Waals surface area (Å²) in [4.78, 5) is 2.42. The SMILES string of the molecule is c1ccc(-c2ccc(N(c3ccc(-c4ccc5ccccc5c4)cc3)c3cc4c5ccccc5ccc4c4ccccc34)cc2)cc1. The zero-order valence-electron chi connectivity index (χ0n) is 25.8. The van der Waals surface area contributed by atoms with Crippen LogP contribution in [0.25, 0.3) is 65.3 Å². The van der Waals surface area contributed by atoms with Gasteiger partial charge in [0.05, 0.1) is 5.69 Å². The molecule has 0 aromatic heterocycles. The van der Waals surface area contributed by atoms with Crippen LogP contribution in [0.1, 0.15) is 0 Å². The highest BCUT2D eigenvalue weighted by atomic mass is 15.1. The monoisotopic (exact) mass is 597 g/mol. The summed E-state index contributed by atoms with van der Waals surface area (Å²) in [6, 6.07) is 68.3. The van der Waals surface area contributed by atoms with Crippen LogP contribution >= 0.6 is 0 Å². The molecule has 0 fully saturated rings. The lowest BCUT2D eigenvalue weighted by atomic mass is 9.95. The van der Waals surface area contributed by atoms with Crippen molar-refractivity contribution in [1.29, 1.82) is 0 Å². The van der Waals surface area contributed by atoms with Crippen molar-refractivity contribution in [3.05, 3.63) is 188 Å². The highest BCUT2D eigenvalue weighted by Crippen LogP contribution is 2.44. The van der Waals surface area contributed by atoms with Gasteiger partial charge in [-0.3, -0.25) is 0 Å². The van der Waals surface area contributed by atoms with Crippen LogP contribution in [0.2, 0.25) is 0 Å². The summed E-state index contributed by atoms with van der Waals surface area (Å²) >= 11 is 0. The van der Waals surface area contributed by atoms with E-state index in [4.69, 9.17) is 0 Å². The van der Waals surface area contributed by atoms with Crippen molar-refractivity contribution in [3.63, 3.8) is 0 Å². The van der Waals surface area contributed by atoms with Gasteiger partial charge in [-0.15, -0.1) is 0 Å². The van der Waals surface area contributed by atoms with Crippen LogP contribution in [-0.2, 0) is 0 Å². The maximum Gasteiger partial charge on any atom is 0.0546 e. The molecule has 220 valence electrons. The smallest absolute Gasteiger partial charge is 0.0546 e. The molecule has 1 nitrogen and oxygen atoms in total. The first kappa shape index (κ1) is 27.2. The van der Waals surface area contributed by atoms with Crippen LogP contribution in [0.4, 0.5) is 17.1 Å². The average Bonchev–Trinajstić information content (AvgIpc) is 3.15. The van der Waals surface area contributed by atoms with Gasteiger partial charge >= 0.3 is 0 Å². The first-order valence-corrected chi connectivity index (χ1v) is 16.2. The van der Waals surface area contributed by atoms with Crippen molar-refractivity contribution in [3.8, 4) is 22.3 Å². The average molecular weight is 598 g/mol. The largest absolute Gasteiger partial charge is 0.310 e. The standard InChI is InChI=1S/C46H31N/c1-2-10-32(11-3-1)34-20-25-39(26-21-34)47(40-27-22-35(23-28-40)38-19-18-33-12-4-5-14-37(33)30-38)46-31-45-41-15-7-6-13-36(41)24-29-43(45)42-16-8-9-17-44(42)46/h1-31H. The first-order chi connectivity index (χ1) is 23.3. The zero-order chi connectivity index (χ0) is 31.2. The molecule has 0 spiro atoms. The second-order valence-corrected chi connectivity index (χ2v) is 12.2. The molecule has 0 aliphatic carbocycles. The van der Waals surface area contributed by atoms with E-state index in [0.717, 1.165) is 17.1 Å². The Hall–Kier alpha value is -6.18. The van der Waals surface area contributed by atoms with E-state index < -0.39 is 0 Å². The number of fused-ring (bicyclic) bond motifs is 6. The van der Waals surface area contributed by atoms with Crippen molar-refractivity contribution < 1.29 is 0 Å². The predicted octanol–water partition coefficient (Wildman–Crippen LogP) is 13.1. The first-order valence-electron chi connectivity index (χ1n) is 16.2. The number of nitrogens with zero attached hydrogens (tertiary/aromatic N) is 1. The Labute approximate surface area is 274 Å². The van der Waals surface area contributed by atoms with Crippen molar-refractivity contribution in [2.24, 2.45) is 0 Å². The molecule has 1 heteroatoms. The molecule has 0 atom stereocenters. The molecule has 9 rings (SSSR count). The minimum atomic E-state index is 1.12. The lowest BCUT2D eigenvalue weighted by Gasteiger charge is -2.28. The second-order valence-electron chi connectivity index (χ2n) is 12.2. The Morgan fingerprint density at radius 1 is 0.255 bits per heavy atom. The molecule has 0 saturated carbocycles. The fourth-order valence-electron chi connectivity index (χ4n) is 7.06. The van der Waals surface area contributed by atoms with E-state index in [1.54, 1.807) is 0 Å². The summed E-state index contributed by atoms with van der Waals surface area (Å²) in [5.74, 6) is 0. The summed E-state index contributed by atoms with van der Waals surface area (Å²) in [5.41, 5.74) is 8.24. The van der Waals surface area contributed by atoms with Gasteiger partial charge in [-0.2, -0.15) is 0 Å². The van der Waals surface area contributed by atoms with E-state index in [0.29, 0.717) is 0 Å². The molecule has 0 aliphatic heterocycles. The van der Waals surface area contributed by atoms with Crippen LogP contribution in [-0.4, -0.2) is 0 Å². The normalized spacial score (nSPS) is 11.4. The van der Waals surface area contributed by atoms with Gasteiger partial charge in [0, 0.05) is 16.8 Å². The molecule has 0 N–H and O–H groups in total. The molecule has 9 aromatic carbocycles. The van der Waals surface area contributed by atoms with Gasteiger partial charge in [-0.25, -0.2) is 0 Å². The van der Waals surface area contributed by atoms with Crippen molar-refractivity contribution >= 4 is 60.2 Å². The van der Waals surface area contributed by atoms with Crippen LogP contribution in [0.15, 0.2) is 188 Å². The van der Waals surface area contributed by atoms with E-state index in [-0.39, 0.29) is 0 Å². The Balaban J connectivity index is 1.25. The van der Waals surface area contributed by atoms with Gasteiger partial charge < -0.3 is 4.90 Å². The fourth-order valence-corrected chi connectivity index (χ4v) is 7.06. The van der Waals surface area contributed by atoms with E-state index in [1.165, 1.54) is 65.3 Å². The molecule has 0 saturated heterocycles. The van der Waals surface area contributed by atoms with E-state index >= 15 is 0 Å². The van der Waals surface area contributed by atoms with Crippen LogP contribution in [0.5, 0.6) is 0 Å². The lowest BCUT2D eigenvalue weighted by molar-refractivity contribution is 1.30. The van der Waals surface area contributed by atoms with Crippen LogP contribution in [0.3, 0.4) is 0 Å². The summed E-state index contributed by atoms with van der Waals surface area (Å²) in [5, 5.41) is 10.0. The summed E-state index contributed by atoms with van der Waals surface area (Å²) in [6.45, 7) is 0. The molecule has 0 bridgehead atoms. The van der Waals surface area contributed by atoms with Gasteiger partial charge in [-0.1, -0.05) is 152 Å². The van der Waals surface area contributed by atoms with Gasteiger partial charge in [-0.05, 0) is 96.4 Å². The van der Waals surface area contributed by atoms with E-state index in [2.05, 4.69) is 193 Å². The molecule has 47 heavy (non-hydrogen) atoms. The number of benzene rings is 9. The maximum atomic E-state index is 2.42. The minimum absolute atomic E-state index is 1.12. The minimum Gasteiger partial charge on any atom is -0.310 e. The third kappa shape index (κ3) is 4.81. The lowest BCUT2D eigenvalue weighted by Crippen LogP contribution is -2.10. The topological polar surface area (TPSA) is 3.24 Å². The Kier molecular flexibility index (Phi) is 6.54. The molecule has 0 unspecified atom stereocenters. The maximum absolute atomic E-state index is 2.42. The molecule has 0 aliphatic rings. The summed E-state index contributed by atoms with van der Waals surface area (Å²) in [6.07, 6.45) is 0. The van der Waals surface area contributed by atoms with Crippen LogP contribution in [0, 0.1) is 0 Å². The Morgan fingerprint density at radius 2 is 0.745 bits per heavy atom. The molecule has 0 radical (unpaired) electrons. The fraction of sp³-hybridized carbons (Fsp3) is 0. The van der Waals surface area contributed by atoms with Gasteiger partial charge in [0.1, 0.15) is 0 Å². The van der Waals surface area contributed by atoms with E-state index in [1.807, 2.05) is 0 Å². The van der Waals surface area contributed by atoms with Gasteiger partial charge in [0.25, 0.3) is 0 Å². The molecule has 0 heterocycles. The third-order valence-corrected chi connectivity index (χ3v) is 9.43. The Morgan fingerprint density at radius 3 is 1.47 bits per heavy atom. The number of hydrogen-bond acceptors (Lipinski definition) is 1. The number of rotatable bonds is 5. The summed E-state index contributed by atoms with van der Waals surface area (Å²) in [7, 11) is 0. The summed E-state index contributed by atoms with van der Waals surface area (Å²) < 4.78 is 0. The zero-order valence-corrected chi connectivity index (χ0v) is 25.8. The highest BCUT2D eigenvalue weighted by molar-refractivity contribution is 6.21. The Bertz CT molecular complexity index is 2550. The second kappa shape index (κ2) is 11.3. The predicted molar refractivity (Wildman–Crippen MR) is 202 cm³/mol. The van der Waals surface area contributed by atoms with Crippen molar-refractivity contribution in [1.82, 2.24) is 0 Å². The van der Waals surface area contributed by atoms with Crippen LogP contribution < -0.4 is 4.90 Å². The van der Waals surface area contributed by atoms with E-state index in [9.17, 15) is 0 Å². The van der Waals surface area contributed by atoms with Gasteiger partial charge in [0.2, 0.25) is 0 Å². The molecule has 9 aromatic rings. The molecular weight excluding hydrogens is 567 g/mol. The quantitative estimate of drug-likeness (QED) is 0.178. The van der Waals surface area contributed by atoms with Crippen molar-refractivity contribution in [2.75, 3.05) is 4.90 Å². The number of hydrogen-bond donors (Lipinski definition) is 0. The number of anilines is 3. The molecular formula is C46H31N. The van der Waals surface area contributed by atoms with Gasteiger partial charge in [0.15, 0.2) is 0 Å². The highest BCUT2D eigenvalue weighted by Gasteiger charge is 2.18.